The van der Waals surface area contributed by atoms with Gasteiger partial charge in [0.1, 0.15) is 11.6 Å². The number of aromatic nitrogens is 1. The predicted molar refractivity (Wildman–Crippen MR) is 96.2 cm³/mol. The Morgan fingerprint density at radius 2 is 2.08 bits per heavy atom. The lowest BCUT2D eigenvalue weighted by Gasteiger charge is -2.17. The second kappa shape index (κ2) is 7.62. The van der Waals surface area contributed by atoms with Gasteiger partial charge in [-0.1, -0.05) is 20.8 Å². The van der Waals surface area contributed by atoms with Gasteiger partial charge in [-0.15, -0.1) is 0 Å². The van der Waals surface area contributed by atoms with E-state index < -0.39 is 0 Å². The second-order valence-electron chi connectivity index (χ2n) is 7.31. The first-order valence-corrected chi connectivity index (χ1v) is 8.24. The summed E-state index contributed by atoms with van der Waals surface area (Å²) in [7, 11) is 0. The number of nitrogens with one attached hydrogen (secondary N) is 1. The van der Waals surface area contributed by atoms with Crippen LogP contribution in [0.1, 0.15) is 40.5 Å². The highest BCUT2D eigenvalue weighted by atomic mass is 16.5. The molecule has 0 aliphatic rings. The molecule has 0 radical (unpaired) electrons. The van der Waals surface area contributed by atoms with Gasteiger partial charge in [0, 0.05) is 24.4 Å². The molecular formula is C19H26N2O3. The van der Waals surface area contributed by atoms with Gasteiger partial charge in [-0.3, -0.25) is 4.79 Å². The smallest absolute Gasteiger partial charge is 0.226 e. The molecule has 0 aliphatic carbocycles. The van der Waals surface area contributed by atoms with Crippen molar-refractivity contribution in [1.82, 2.24) is 4.98 Å². The third kappa shape index (κ3) is 5.49. The number of aliphatic hydroxyl groups excluding tert-OH is 1. The highest BCUT2D eigenvalue weighted by Crippen LogP contribution is 2.26. The molecule has 2 rings (SSSR count). The van der Waals surface area contributed by atoms with Crippen molar-refractivity contribution in [3.8, 4) is 5.75 Å². The highest BCUT2D eigenvalue weighted by molar-refractivity contribution is 6.00. The van der Waals surface area contributed by atoms with Crippen LogP contribution < -0.4 is 10.1 Å². The maximum Gasteiger partial charge on any atom is 0.226 e. The molecular weight excluding hydrogens is 304 g/mol. The summed E-state index contributed by atoms with van der Waals surface area (Å²) in [6, 6.07) is 7.55. The van der Waals surface area contributed by atoms with E-state index in [0.717, 1.165) is 16.5 Å². The summed E-state index contributed by atoms with van der Waals surface area (Å²) < 4.78 is 5.64. The Labute approximate surface area is 143 Å². The maximum atomic E-state index is 12.1. The van der Waals surface area contributed by atoms with E-state index in [2.05, 4.69) is 10.3 Å². The van der Waals surface area contributed by atoms with Gasteiger partial charge < -0.3 is 15.2 Å². The number of benzene rings is 1. The molecule has 5 heteroatoms. The fourth-order valence-electron chi connectivity index (χ4n) is 2.35. The lowest BCUT2D eigenvalue weighted by Crippen LogP contribution is -2.20. The van der Waals surface area contributed by atoms with Crippen molar-refractivity contribution in [2.45, 2.75) is 46.6 Å². The summed E-state index contributed by atoms with van der Waals surface area (Å²) in [5.41, 5.74) is -0.0699. The molecule has 1 unspecified atom stereocenters. The van der Waals surface area contributed by atoms with Gasteiger partial charge in [0.05, 0.1) is 12.7 Å². The summed E-state index contributed by atoms with van der Waals surface area (Å²) >= 11 is 0. The van der Waals surface area contributed by atoms with Crippen molar-refractivity contribution < 1.29 is 14.6 Å². The van der Waals surface area contributed by atoms with E-state index in [1.807, 2.05) is 45.0 Å². The number of anilines is 1. The SMILES string of the molecule is CC(O)CCOc1ccc2c(NC(=O)CC(C)(C)C)nccc2c1. The number of pyridine rings is 1. The molecule has 1 atom stereocenters. The minimum Gasteiger partial charge on any atom is -0.493 e. The minimum absolute atomic E-state index is 0.0419. The Balaban J connectivity index is 2.14. The Hall–Kier alpha value is -2.14. The molecule has 1 aromatic heterocycles. The van der Waals surface area contributed by atoms with Crippen molar-refractivity contribution in [3.05, 3.63) is 30.5 Å². The molecule has 1 aromatic carbocycles. The number of hydrogen-bond acceptors (Lipinski definition) is 4. The van der Waals surface area contributed by atoms with Crippen LogP contribution in [0.4, 0.5) is 5.82 Å². The average Bonchev–Trinajstić information content (AvgIpc) is 2.45. The molecule has 24 heavy (non-hydrogen) atoms. The summed E-state index contributed by atoms with van der Waals surface area (Å²) in [6.45, 7) is 8.28. The van der Waals surface area contributed by atoms with E-state index in [-0.39, 0.29) is 17.4 Å². The summed E-state index contributed by atoms with van der Waals surface area (Å²) in [4.78, 5) is 16.4. The average molecular weight is 330 g/mol. The topological polar surface area (TPSA) is 71.5 Å². The number of hydrogen-bond donors (Lipinski definition) is 2. The lowest BCUT2D eigenvalue weighted by molar-refractivity contribution is -0.117. The normalized spacial score (nSPS) is 12.9. The van der Waals surface area contributed by atoms with Crippen molar-refractivity contribution in [2.24, 2.45) is 5.41 Å². The predicted octanol–water partition coefficient (Wildman–Crippen LogP) is 3.76. The van der Waals surface area contributed by atoms with E-state index in [4.69, 9.17) is 4.74 Å². The molecule has 0 saturated heterocycles. The number of carbonyl (C=O) groups excluding carboxylic acids is 1. The van der Waals surface area contributed by atoms with Gasteiger partial charge >= 0.3 is 0 Å². The van der Waals surface area contributed by atoms with Crippen LogP contribution in [0.5, 0.6) is 5.75 Å². The summed E-state index contributed by atoms with van der Waals surface area (Å²) in [5, 5.41) is 14.0. The van der Waals surface area contributed by atoms with Gasteiger partial charge in [-0.05, 0) is 42.0 Å². The van der Waals surface area contributed by atoms with Crippen LogP contribution in [0.25, 0.3) is 10.8 Å². The Morgan fingerprint density at radius 3 is 2.75 bits per heavy atom. The maximum absolute atomic E-state index is 12.1. The van der Waals surface area contributed by atoms with E-state index in [1.165, 1.54) is 0 Å². The Morgan fingerprint density at radius 1 is 1.33 bits per heavy atom. The van der Waals surface area contributed by atoms with Crippen molar-refractivity contribution >= 4 is 22.5 Å². The van der Waals surface area contributed by atoms with Crippen molar-refractivity contribution in [1.29, 1.82) is 0 Å². The van der Waals surface area contributed by atoms with Crippen LogP contribution in [0.15, 0.2) is 30.5 Å². The molecule has 0 aliphatic heterocycles. The first-order chi connectivity index (χ1) is 11.2. The molecule has 130 valence electrons. The third-order valence-electron chi connectivity index (χ3n) is 3.49. The molecule has 0 fully saturated rings. The van der Waals surface area contributed by atoms with Crippen LogP contribution in [-0.2, 0) is 4.79 Å². The van der Waals surface area contributed by atoms with Gasteiger partial charge in [-0.2, -0.15) is 0 Å². The lowest BCUT2D eigenvalue weighted by atomic mass is 9.92. The highest BCUT2D eigenvalue weighted by Gasteiger charge is 2.17. The van der Waals surface area contributed by atoms with Gasteiger partial charge in [0.25, 0.3) is 0 Å². The van der Waals surface area contributed by atoms with Crippen LogP contribution in [0.2, 0.25) is 0 Å². The van der Waals surface area contributed by atoms with Gasteiger partial charge in [0.2, 0.25) is 5.91 Å². The molecule has 1 amide bonds. The number of fused-ring (bicyclic) bond motifs is 1. The van der Waals surface area contributed by atoms with Crippen LogP contribution in [0, 0.1) is 5.41 Å². The van der Waals surface area contributed by atoms with Crippen LogP contribution in [-0.4, -0.2) is 28.7 Å². The first-order valence-electron chi connectivity index (χ1n) is 8.24. The molecule has 0 spiro atoms. The zero-order chi connectivity index (χ0) is 17.7. The standard InChI is InChI=1S/C19H26N2O3/c1-13(22)8-10-24-15-5-6-16-14(11-15)7-9-20-18(16)21-17(23)12-19(2,3)4/h5-7,9,11,13,22H,8,10,12H2,1-4H3,(H,20,21,23). The number of ether oxygens (including phenoxy) is 1. The Bertz CT molecular complexity index is 705. The second-order valence-corrected chi connectivity index (χ2v) is 7.31. The number of amides is 1. The van der Waals surface area contributed by atoms with Gasteiger partial charge in [0.15, 0.2) is 0 Å². The zero-order valence-electron chi connectivity index (χ0n) is 14.8. The Kier molecular flexibility index (Phi) is 5.78. The quantitative estimate of drug-likeness (QED) is 0.846. The fourth-order valence-corrected chi connectivity index (χ4v) is 2.35. The van der Waals surface area contributed by atoms with Crippen LogP contribution >= 0.6 is 0 Å². The molecule has 0 saturated carbocycles. The van der Waals surface area contributed by atoms with Crippen molar-refractivity contribution in [2.75, 3.05) is 11.9 Å². The van der Waals surface area contributed by atoms with E-state index in [9.17, 15) is 9.90 Å². The van der Waals surface area contributed by atoms with Crippen LogP contribution in [0.3, 0.4) is 0 Å². The number of nitrogens with zero attached hydrogens (tertiary/aromatic N) is 1. The van der Waals surface area contributed by atoms with E-state index in [1.54, 1.807) is 13.1 Å². The number of aliphatic hydroxyl groups is 1. The van der Waals surface area contributed by atoms with Gasteiger partial charge in [-0.25, -0.2) is 4.98 Å². The first kappa shape index (κ1) is 18.2. The van der Waals surface area contributed by atoms with E-state index >= 15 is 0 Å². The zero-order valence-corrected chi connectivity index (χ0v) is 14.8. The summed E-state index contributed by atoms with van der Waals surface area (Å²) in [6.07, 6.45) is 2.32. The van der Waals surface area contributed by atoms with E-state index in [0.29, 0.717) is 25.3 Å². The molecule has 2 aromatic rings. The molecule has 2 N–H and O–H groups in total. The molecule has 0 bridgehead atoms. The van der Waals surface area contributed by atoms with Crippen molar-refractivity contribution in [3.63, 3.8) is 0 Å². The minimum atomic E-state index is -0.376. The number of carbonyl (C=O) groups is 1. The summed E-state index contributed by atoms with van der Waals surface area (Å²) in [5.74, 6) is 1.26. The monoisotopic (exact) mass is 330 g/mol. The molecule has 5 nitrogen and oxygen atoms in total. The molecule has 1 heterocycles. The number of rotatable bonds is 6. The largest absolute Gasteiger partial charge is 0.493 e. The third-order valence-corrected chi connectivity index (χ3v) is 3.49. The fraction of sp³-hybridized carbons (Fsp3) is 0.474.